The second-order valence-corrected chi connectivity index (χ2v) is 10.4. The molecular weight excluding hydrogens is 513 g/mol. The van der Waals surface area contributed by atoms with E-state index in [0.717, 1.165) is 18.5 Å². The number of benzene rings is 2. The van der Waals surface area contributed by atoms with Gasteiger partial charge in [0, 0.05) is 21.2 Å². The zero-order chi connectivity index (χ0) is 26.3. The van der Waals surface area contributed by atoms with Gasteiger partial charge in [-0.2, -0.15) is 0 Å². The van der Waals surface area contributed by atoms with Gasteiger partial charge >= 0.3 is 0 Å². The standard InChI is InChI=1S/C28H25Cl2N3O4/c1-28(2,36)25(34)24-23(32-26(35)21-8-5-13-31-21)19-14-18(15-9-11-16(29)12-10-15)22(33-27(19)37-24)17-6-3-4-7-20(17)30/h3-4,6-7,9-12,14,21,31,36H,5,8,13H2,1-2H3,(H,32,35)/t21-/m0/s1. The van der Waals surface area contributed by atoms with Crippen molar-refractivity contribution in [1.82, 2.24) is 10.3 Å². The molecule has 1 aliphatic rings. The van der Waals surface area contributed by atoms with Gasteiger partial charge in [-0.1, -0.05) is 53.5 Å². The first-order valence-electron chi connectivity index (χ1n) is 11.9. The Morgan fingerprint density at radius 3 is 2.49 bits per heavy atom. The molecule has 0 aliphatic carbocycles. The van der Waals surface area contributed by atoms with Crippen LogP contribution in [0.4, 0.5) is 5.69 Å². The second-order valence-electron chi connectivity index (χ2n) is 9.56. The van der Waals surface area contributed by atoms with Crippen molar-refractivity contribution in [3.05, 3.63) is 70.4 Å². The number of furan rings is 1. The van der Waals surface area contributed by atoms with E-state index in [1.807, 2.05) is 36.4 Å². The number of carbonyl (C=O) groups excluding carboxylic acids is 2. The van der Waals surface area contributed by atoms with Gasteiger partial charge in [-0.15, -0.1) is 0 Å². The first-order valence-corrected chi connectivity index (χ1v) is 12.7. The summed E-state index contributed by atoms with van der Waals surface area (Å²) in [5.41, 5.74) is 1.29. The Kier molecular flexibility index (Phi) is 6.81. The number of ketones is 1. The van der Waals surface area contributed by atoms with Gasteiger partial charge in [-0.25, -0.2) is 4.98 Å². The molecule has 0 unspecified atom stereocenters. The number of nitrogens with zero attached hydrogens (tertiary/aromatic N) is 1. The first kappa shape index (κ1) is 25.4. The van der Waals surface area contributed by atoms with Crippen LogP contribution in [0.1, 0.15) is 37.2 Å². The van der Waals surface area contributed by atoms with E-state index in [1.54, 1.807) is 18.2 Å². The van der Waals surface area contributed by atoms with Crippen LogP contribution in [0.15, 0.2) is 59.0 Å². The topological polar surface area (TPSA) is 104 Å². The van der Waals surface area contributed by atoms with Crippen molar-refractivity contribution in [2.24, 2.45) is 0 Å². The lowest BCUT2D eigenvalue weighted by Crippen LogP contribution is -2.36. The third-order valence-electron chi connectivity index (χ3n) is 6.35. The molecule has 0 spiro atoms. The SMILES string of the molecule is CC(C)(O)C(=O)c1oc2nc(-c3ccccc3Cl)c(-c3ccc(Cl)cc3)cc2c1NC(=O)[C@@H]1CCCN1. The molecule has 1 amide bonds. The maximum absolute atomic E-state index is 13.2. The number of aliphatic hydroxyl groups is 1. The zero-order valence-corrected chi connectivity index (χ0v) is 21.8. The highest BCUT2D eigenvalue weighted by Gasteiger charge is 2.34. The van der Waals surface area contributed by atoms with E-state index in [1.165, 1.54) is 13.8 Å². The number of aromatic nitrogens is 1. The van der Waals surface area contributed by atoms with Crippen LogP contribution in [-0.4, -0.2) is 40.0 Å². The van der Waals surface area contributed by atoms with Crippen LogP contribution in [0.5, 0.6) is 0 Å². The number of hydrogen-bond donors (Lipinski definition) is 3. The van der Waals surface area contributed by atoms with Crippen molar-refractivity contribution in [2.45, 2.75) is 38.3 Å². The smallest absolute Gasteiger partial charge is 0.241 e. The maximum Gasteiger partial charge on any atom is 0.241 e. The maximum atomic E-state index is 13.2. The third kappa shape index (κ3) is 5.00. The molecule has 1 atom stereocenters. The van der Waals surface area contributed by atoms with E-state index in [-0.39, 0.29) is 29.1 Å². The van der Waals surface area contributed by atoms with Crippen LogP contribution in [0, 0.1) is 0 Å². The molecule has 2 aromatic heterocycles. The summed E-state index contributed by atoms with van der Waals surface area (Å²) in [6, 6.07) is 16.0. The van der Waals surface area contributed by atoms with Gasteiger partial charge in [-0.3, -0.25) is 9.59 Å². The number of nitrogens with one attached hydrogen (secondary N) is 2. The van der Waals surface area contributed by atoms with Crippen molar-refractivity contribution in [1.29, 1.82) is 0 Å². The number of carbonyl (C=O) groups is 2. The predicted octanol–water partition coefficient (Wildman–Crippen LogP) is 6.11. The summed E-state index contributed by atoms with van der Waals surface area (Å²) < 4.78 is 5.94. The van der Waals surface area contributed by atoms with E-state index in [0.29, 0.717) is 38.7 Å². The summed E-state index contributed by atoms with van der Waals surface area (Å²) >= 11 is 12.7. The van der Waals surface area contributed by atoms with E-state index >= 15 is 0 Å². The molecule has 2 aromatic carbocycles. The number of amides is 1. The Hall–Kier alpha value is -3.23. The molecule has 1 aliphatic heterocycles. The van der Waals surface area contributed by atoms with Crippen molar-refractivity contribution in [2.75, 3.05) is 11.9 Å². The highest BCUT2D eigenvalue weighted by Crippen LogP contribution is 2.41. The number of anilines is 1. The molecule has 9 heteroatoms. The second kappa shape index (κ2) is 9.91. The highest BCUT2D eigenvalue weighted by molar-refractivity contribution is 6.33. The monoisotopic (exact) mass is 537 g/mol. The lowest BCUT2D eigenvalue weighted by atomic mass is 9.97. The summed E-state index contributed by atoms with van der Waals surface area (Å²) in [5.74, 6) is -1.12. The molecule has 0 bridgehead atoms. The van der Waals surface area contributed by atoms with Gasteiger partial charge in [0.25, 0.3) is 0 Å². The Morgan fingerprint density at radius 1 is 1.11 bits per heavy atom. The van der Waals surface area contributed by atoms with Gasteiger partial charge in [0.05, 0.1) is 17.1 Å². The van der Waals surface area contributed by atoms with Crippen LogP contribution in [-0.2, 0) is 4.79 Å². The average Bonchev–Trinajstić information content (AvgIpc) is 3.52. The number of hydrogen-bond acceptors (Lipinski definition) is 6. The lowest BCUT2D eigenvalue weighted by Gasteiger charge is -2.16. The molecule has 4 aromatic rings. The molecule has 190 valence electrons. The van der Waals surface area contributed by atoms with Crippen LogP contribution in [0.2, 0.25) is 10.0 Å². The molecule has 3 heterocycles. The van der Waals surface area contributed by atoms with Crippen molar-refractivity contribution in [3.63, 3.8) is 0 Å². The molecule has 5 rings (SSSR count). The van der Waals surface area contributed by atoms with Gasteiger partial charge < -0.3 is 20.2 Å². The summed E-state index contributed by atoms with van der Waals surface area (Å²) in [6.45, 7) is 3.48. The number of pyridine rings is 1. The Balaban J connectivity index is 1.76. The average molecular weight is 538 g/mol. The largest absolute Gasteiger partial charge is 0.432 e. The molecule has 37 heavy (non-hydrogen) atoms. The summed E-state index contributed by atoms with van der Waals surface area (Å²) in [7, 11) is 0. The number of rotatable bonds is 6. The fourth-order valence-corrected chi connectivity index (χ4v) is 4.76. The van der Waals surface area contributed by atoms with Crippen LogP contribution < -0.4 is 10.6 Å². The lowest BCUT2D eigenvalue weighted by molar-refractivity contribution is -0.117. The van der Waals surface area contributed by atoms with Gasteiger partial charge in [0.1, 0.15) is 11.3 Å². The highest BCUT2D eigenvalue weighted by atomic mass is 35.5. The Morgan fingerprint density at radius 2 is 1.84 bits per heavy atom. The minimum absolute atomic E-state index is 0.134. The van der Waals surface area contributed by atoms with Crippen molar-refractivity contribution < 1.29 is 19.1 Å². The fraction of sp³-hybridized carbons (Fsp3) is 0.250. The Labute approximate surface area is 223 Å². The van der Waals surface area contributed by atoms with E-state index in [4.69, 9.17) is 32.6 Å². The molecular formula is C28H25Cl2N3O4. The molecule has 3 N–H and O–H groups in total. The summed E-state index contributed by atoms with van der Waals surface area (Å²) in [4.78, 5) is 31.0. The van der Waals surface area contributed by atoms with Crippen molar-refractivity contribution in [3.8, 4) is 22.4 Å². The minimum atomic E-state index is -1.73. The summed E-state index contributed by atoms with van der Waals surface area (Å²) in [5, 5.41) is 18.0. The van der Waals surface area contributed by atoms with Crippen LogP contribution in [0.3, 0.4) is 0 Å². The quantitative estimate of drug-likeness (QED) is 0.256. The minimum Gasteiger partial charge on any atom is -0.432 e. The summed E-state index contributed by atoms with van der Waals surface area (Å²) in [6.07, 6.45) is 1.56. The fourth-order valence-electron chi connectivity index (χ4n) is 4.41. The molecule has 0 saturated carbocycles. The Bertz CT molecular complexity index is 1500. The molecule has 7 nitrogen and oxygen atoms in total. The number of halogens is 2. The molecule has 0 radical (unpaired) electrons. The van der Waals surface area contributed by atoms with Crippen LogP contribution in [0.25, 0.3) is 33.5 Å². The normalized spacial score (nSPS) is 15.8. The van der Waals surface area contributed by atoms with E-state index in [9.17, 15) is 14.7 Å². The zero-order valence-electron chi connectivity index (χ0n) is 20.3. The molecule has 1 fully saturated rings. The number of Topliss-reactive ketones (excluding diaryl/α,β-unsaturated/α-hetero) is 1. The molecule has 1 saturated heterocycles. The third-order valence-corrected chi connectivity index (χ3v) is 6.94. The van der Waals surface area contributed by atoms with E-state index in [2.05, 4.69) is 10.6 Å². The van der Waals surface area contributed by atoms with Gasteiger partial charge in [0.2, 0.25) is 17.4 Å². The number of fused-ring (bicyclic) bond motifs is 1. The van der Waals surface area contributed by atoms with Gasteiger partial charge in [-0.05, 0) is 63.1 Å². The van der Waals surface area contributed by atoms with Crippen molar-refractivity contribution >= 4 is 51.7 Å². The first-order chi connectivity index (χ1) is 17.6. The van der Waals surface area contributed by atoms with E-state index < -0.39 is 11.4 Å². The predicted molar refractivity (Wildman–Crippen MR) is 145 cm³/mol. The van der Waals surface area contributed by atoms with Crippen LogP contribution >= 0.6 is 23.2 Å². The van der Waals surface area contributed by atoms with Gasteiger partial charge in [0.15, 0.2) is 5.76 Å².